The highest BCUT2D eigenvalue weighted by molar-refractivity contribution is 7.80. The Labute approximate surface area is 188 Å². The summed E-state index contributed by atoms with van der Waals surface area (Å²) in [6, 6.07) is 5.23. The number of carboxylic acids is 1. The average Bonchev–Trinajstić information content (AvgIpc) is 3.09. The molecule has 0 aliphatic carbocycles. The van der Waals surface area contributed by atoms with E-state index in [0.717, 1.165) is 5.56 Å². The number of hydrogen-bond acceptors (Lipinski definition) is 5. The van der Waals surface area contributed by atoms with Gasteiger partial charge in [-0.2, -0.15) is 0 Å². The third kappa shape index (κ3) is 5.09. The molecule has 0 amide bonds. The lowest BCUT2D eigenvalue weighted by Gasteiger charge is -2.31. The van der Waals surface area contributed by atoms with Crippen molar-refractivity contribution in [3.8, 4) is 16.2 Å². The second-order valence-electron chi connectivity index (χ2n) is 6.85. The second-order valence-corrected chi connectivity index (χ2v) is 9.02. The molecular weight excluding hydrogens is 451 g/mol. The third-order valence-electron chi connectivity index (χ3n) is 4.98. The number of hydrogen-bond donors (Lipinski definition) is 2. The number of carboxylic acid groups (broad SMARTS) is 1. The first-order valence-electron chi connectivity index (χ1n) is 9.05. The molecule has 0 spiro atoms. The van der Waals surface area contributed by atoms with Crippen LogP contribution in [0.1, 0.15) is 25.3 Å². The number of likely N-dealkylation sites (tertiary alicyclic amines) is 1. The zero-order valence-corrected chi connectivity index (χ0v) is 18.8. The van der Waals surface area contributed by atoms with Gasteiger partial charge < -0.3 is 15.1 Å². The van der Waals surface area contributed by atoms with E-state index >= 15 is 0 Å². The fourth-order valence-electron chi connectivity index (χ4n) is 3.20. The number of thiophene rings is 1. The van der Waals surface area contributed by atoms with Crippen LogP contribution in [0.3, 0.4) is 0 Å². The normalized spacial score (nSPS) is 15.6. The Kier molecular flexibility index (Phi) is 7.16. The smallest absolute Gasteiger partial charge is 0.306 e. The lowest BCUT2D eigenvalue weighted by atomic mass is 9.97. The molecule has 1 aliphatic rings. The molecule has 1 aliphatic heterocycles. The van der Waals surface area contributed by atoms with E-state index in [2.05, 4.69) is 4.99 Å². The Balaban J connectivity index is 1.67. The molecule has 0 radical (unpaired) electrons. The highest BCUT2D eigenvalue weighted by atomic mass is 35.5. The van der Waals surface area contributed by atoms with Crippen molar-refractivity contribution >= 4 is 63.4 Å². The van der Waals surface area contributed by atoms with Crippen molar-refractivity contribution in [3.05, 3.63) is 39.2 Å². The first kappa shape index (κ1) is 22.0. The summed E-state index contributed by atoms with van der Waals surface area (Å²) in [6.45, 7) is 3.43. The van der Waals surface area contributed by atoms with Crippen LogP contribution < -0.4 is 0 Å². The van der Waals surface area contributed by atoms with Gasteiger partial charge in [0, 0.05) is 29.7 Å². The molecule has 2 N–H and O–H groups in total. The topological polar surface area (TPSA) is 73.1 Å². The predicted octanol–water partition coefficient (Wildman–Crippen LogP) is 5.36. The van der Waals surface area contributed by atoms with Gasteiger partial charge in [-0.3, -0.25) is 9.79 Å². The van der Waals surface area contributed by atoms with Crippen LogP contribution in [0.4, 0.5) is 0 Å². The number of thiocarbonyl (C=S) groups is 1. The number of nitrogens with zero attached hydrogens (tertiary/aromatic N) is 2. The van der Waals surface area contributed by atoms with E-state index in [1.807, 2.05) is 23.3 Å². The monoisotopic (exact) mass is 470 g/mol. The molecule has 9 heteroatoms. The minimum atomic E-state index is -0.741. The Morgan fingerprint density at radius 2 is 2.00 bits per heavy atom. The summed E-state index contributed by atoms with van der Waals surface area (Å²) in [5, 5.41) is 22.5. The molecule has 0 bridgehead atoms. The van der Waals surface area contributed by atoms with Gasteiger partial charge in [0.1, 0.15) is 5.75 Å². The van der Waals surface area contributed by atoms with E-state index < -0.39 is 5.97 Å². The largest absolute Gasteiger partial charge is 0.506 e. The first-order valence-corrected chi connectivity index (χ1v) is 11.1. The Hall–Kier alpha value is -1.67. The number of aliphatic carboxylic acids is 1. The standard InChI is InChI=1S/C20H20Cl2N2O3S2/c1-11(23-9-17(28)24-6-4-12(5-7-24)20(26)27)14-10-29-19(18(14)25)13-2-3-15(21)16(22)8-13/h2-3,8,10,12,25H,4-7,9H2,1H3,(H,26,27). The fourth-order valence-corrected chi connectivity index (χ4v) is 4.75. The van der Waals surface area contributed by atoms with E-state index in [4.69, 9.17) is 40.5 Å². The summed E-state index contributed by atoms with van der Waals surface area (Å²) in [4.78, 5) is 19.0. The van der Waals surface area contributed by atoms with Gasteiger partial charge in [0.25, 0.3) is 0 Å². The van der Waals surface area contributed by atoms with Crippen LogP contribution in [-0.2, 0) is 4.79 Å². The van der Waals surface area contributed by atoms with Gasteiger partial charge in [0.2, 0.25) is 0 Å². The lowest BCUT2D eigenvalue weighted by molar-refractivity contribution is -0.143. The second kappa shape index (κ2) is 9.43. The van der Waals surface area contributed by atoms with Crippen molar-refractivity contribution in [2.24, 2.45) is 10.9 Å². The van der Waals surface area contributed by atoms with Gasteiger partial charge in [-0.25, -0.2) is 0 Å². The minimum absolute atomic E-state index is 0.155. The molecule has 0 saturated carbocycles. The Bertz CT molecular complexity index is 967. The molecule has 1 fully saturated rings. The molecule has 29 heavy (non-hydrogen) atoms. The van der Waals surface area contributed by atoms with Crippen molar-refractivity contribution in [1.29, 1.82) is 0 Å². The molecule has 154 valence electrons. The summed E-state index contributed by atoms with van der Waals surface area (Å²) in [7, 11) is 0. The minimum Gasteiger partial charge on any atom is -0.506 e. The van der Waals surface area contributed by atoms with Crippen LogP contribution >= 0.6 is 46.8 Å². The quantitative estimate of drug-likeness (QED) is 0.454. The first-order chi connectivity index (χ1) is 13.8. The van der Waals surface area contributed by atoms with E-state index in [1.165, 1.54) is 11.3 Å². The molecule has 0 atom stereocenters. The zero-order valence-electron chi connectivity index (χ0n) is 15.7. The van der Waals surface area contributed by atoms with Crippen LogP contribution in [0, 0.1) is 5.92 Å². The van der Waals surface area contributed by atoms with Gasteiger partial charge in [-0.15, -0.1) is 11.3 Å². The molecule has 2 heterocycles. The van der Waals surface area contributed by atoms with Crippen molar-refractivity contribution < 1.29 is 15.0 Å². The van der Waals surface area contributed by atoms with Gasteiger partial charge in [0.15, 0.2) is 0 Å². The summed E-state index contributed by atoms with van der Waals surface area (Å²) in [5.74, 6) is -0.875. The molecule has 3 rings (SSSR count). The van der Waals surface area contributed by atoms with Gasteiger partial charge in [-0.05, 0) is 37.5 Å². The number of piperidine rings is 1. The van der Waals surface area contributed by atoms with Crippen LogP contribution in [0.2, 0.25) is 10.0 Å². The van der Waals surface area contributed by atoms with Crippen LogP contribution in [0.25, 0.3) is 10.4 Å². The number of carbonyl (C=O) groups is 1. The van der Waals surface area contributed by atoms with Crippen LogP contribution in [-0.4, -0.2) is 51.4 Å². The molecule has 1 saturated heterocycles. The Morgan fingerprint density at radius 1 is 1.31 bits per heavy atom. The molecule has 2 aromatic rings. The molecule has 5 nitrogen and oxygen atoms in total. The van der Waals surface area contributed by atoms with E-state index in [-0.39, 0.29) is 11.7 Å². The third-order valence-corrected chi connectivity index (χ3v) is 7.13. The highest BCUT2D eigenvalue weighted by Crippen LogP contribution is 2.40. The number of aromatic hydroxyl groups is 1. The van der Waals surface area contributed by atoms with E-state index in [1.54, 1.807) is 12.1 Å². The SMILES string of the molecule is CC(=NCC(=S)N1CCC(C(=O)O)CC1)c1csc(-c2ccc(Cl)c(Cl)c2)c1O. The van der Waals surface area contributed by atoms with Crippen molar-refractivity contribution in [2.75, 3.05) is 19.6 Å². The number of benzene rings is 1. The van der Waals surface area contributed by atoms with Crippen LogP contribution in [0.15, 0.2) is 28.6 Å². The number of halogens is 2. The van der Waals surface area contributed by atoms with Crippen molar-refractivity contribution in [2.45, 2.75) is 19.8 Å². The number of aliphatic imine (C=N–C) groups is 1. The maximum atomic E-state index is 11.1. The average molecular weight is 471 g/mol. The highest BCUT2D eigenvalue weighted by Gasteiger charge is 2.25. The molecule has 1 aromatic carbocycles. The van der Waals surface area contributed by atoms with Crippen molar-refractivity contribution in [3.63, 3.8) is 0 Å². The zero-order chi connectivity index (χ0) is 21.1. The van der Waals surface area contributed by atoms with E-state index in [0.29, 0.717) is 63.7 Å². The van der Waals surface area contributed by atoms with Crippen molar-refractivity contribution in [1.82, 2.24) is 4.90 Å². The fraction of sp³-hybridized carbons (Fsp3) is 0.350. The lowest BCUT2D eigenvalue weighted by Crippen LogP contribution is -2.40. The number of rotatable bonds is 5. The van der Waals surface area contributed by atoms with E-state index in [9.17, 15) is 9.90 Å². The predicted molar refractivity (Wildman–Crippen MR) is 123 cm³/mol. The molecular formula is C20H20Cl2N2O3S2. The summed E-state index contributed by atoms with van der Waals surface area (Å²) in [5.41, 5.74) is 2.13. The van der Waals surface area contributed by atoms with Gasteiger partial charge in [0.05, 0.1) is 32.4 Å². The van der Waals surface area contributed by atoms with Gasteiger partial charge in [-0.1, -0.05) is 41.5 Å². The summed E-state index contributed by atoms with van der Waals surface area (Å²) < 4.78 is 0. The maximum Gasteiger partial charge on any atom is 0.306 e. The molecule has 1 aromatic heterocycles. The van der Waals surface area contributed by atoms with Crippen LogP contribution in [0.5, 0.6) is 5.75 Å². The van der Waals surface area contributed by atoms with Gasteiger partial charge >= 0.3 is 5.97 Å². The Morgan fingerprint density at radius 3 is 2.62 bits per heavy atom. The molecule has 0 unspecified atom stereocenters. The maximum absolute atomic E-state index is 11.1. The summed E-state index contributed by atoms with van der Waals surface area (Å²) >= 11 is 18.9. The summed E-state index contributed by atoms with van der Waals surface area (Å²) in [6.07, 6.45) is 1.19.